The summed E-state index contributed by atoms with van der Waals surface area (Å²) >= 11 is 0. The molecule has 0 bridgehead atoms. The minimum atomic E-state index is -0.426. The summed E-state index contributed by atoms with van der Waals surface area (Å²) in [7, 11) is 0. The molecule has 4 rings (SSSR count). The van der Waals surface area contributed by atoms with Crippen LogP contribution in [0, 0.1) is 6.92 Å². The highest BCUT2D eigenvalue weighted by Crippen LogP contribution is 2.39. The number of benzene rings is 1. The van der Waals surface area contributed by atoms with Gasteiger partial charge in [-0.25, -0.2) is 4.98 Å². The lowest BCUT2D eigenvalue weighted by Crippen LogP contribution is -2.56. The molecule has 0 saturated carbocycles. The predicted molar refractivity (Wildman–Crippen MR) is 110 cm³/mol. The normalized spacial score (nSPS) is 27.0. The first kappa shape index (κ1) is 19.6. The van der Waals surface area contributed by atoms with Gasteiger partial charge in [0.25, 0.3) is 5.91 Å². The van der Waals surface area contributed by atoms with Crippen LogP contribution in [-0.2, 0) is 11.2 Å². The predicted octanol–water partition coefficient (Wildman–Crippen LogP) is 3.06. The molecule has 2 aliphatic heterocycles. The van der Waals surface area contributed by atoms with Crippen LogP contribution in [0.5, 0.6) is 0 Å². The molecule has 6 nitrogen and oxygen atoms in total. The van der Waals surface area contributed by atoms with Gasteiger partial charge in [-0.15, -0.1) is 0 Å². The fraction of sp³-hybridized carbons (Fsp3) is 0.478. The lowest BCUT2D eigenvalue weighted by molar-refractivity contribution is -0.123. The van der Waals surface area contributed by atoms with Crippen molar-refractivity contribution in [1.29, 1.82) is 0 Å². The number of likely N-dealkylation sites (tertiary alicyclic amines) is 1. The molecule has 0 unspecified atom stereocenters. The molecule has 2 aromatic rings. The SMILES string of the molecule is Cc1cnc(C(=O)N2[C@H](Cc3ccccc3)C[C@]3(C)NC(=O)CCCC[C@H]23)cn1. The van der Waals surface area contributed by atoms with Crippen molar-refractivity contribution in [3.8, 4) is 0 Å². The van der Waals surface area contributed by atoms with Crippen LogP contribution in [-0.4, -0.2) is 44.3 Å². The zero-order chi connectivity index (χ0) is 20.4. The van der Waals surface area contributed by atoms with Gasteiger partial charge in [-0.1, -0.05) is 36.8 Å². The van der Waals surface area contributed by atoms with Crippen molar-refractivity contribution in [3.05, 3.63) is 59.7 Å². The standard InChI is InChI=1S/C23H28N4O2/c1-16-14-25-19(15-24-16)22(29)27-18(12-17-8-4-3-5-9-17)13-23(2)20(27)10-6-7-11-21(28)26-23/h3-5,8-9,14-15,18,20H,6-7,10-13H2,1-2H3,(H,26,28)/t18-,20+,23+/m1/s1. The molecule has 0 radical (unpaired) electrons. The Labute approximate surface area is 171 Å². The van der Waals surface area contributed by atoms with E-state index in [1.165, 1.54) is 5.56 Å². The van der Waals surface area contributed by atoms with Gasteiger partial charge in [-0.3, -0.25) is 14.6 Å². The second-order valence-corrected chi connectivity index (χ2v) is 8.53. The van der Waals surface area contributed by atoms with Crippen LogP contribution in [0.1, 0.15) is 60.8 Å². The zero-order valence-electron chi connectivity index (χ0n) is 17.1. The molecule has 0 spiro atoms. The minimum Gasteiger partial charge on any atom is -0.349 e. The second kappa shape index (κ2) is 7.93. The summed E-state index contributed by atoms with van der Waals surface area (Å²) in [5, 5.41) is 3.25. The summed E-state index contributed by atoms with van der Waals surface area (Å²) in [6.07, 6.45) is 7.93. The number of fused-ring (bicyclic) bond motifs is 1. The van der Waals surface area contributed by atoms with Crippen molar-refractivity contribution in [2.45, 2.75) is 70.0 Å². The number of hydrogen-bond donors (Lipinski definition) is 1. The maximum atomic E-state index is 13.5. The summed E-state index contributed by atoms with van der Waals surface area (Å²) in [4.78, 5) is 36.5. The lowest BCUT2D eigenvalue weighted by Gasteiger charge is -2.38. The number of carbonyl (C=O) groups excluding carboxylic acids is 2. The van der Waals surface area contributed by atoms with E-state index >= 15 is 0 Å². The monoisotopic (exact) mass is 392 g/mol. The van der Waals surface area contributed by atoms with E-state index < -0.39 is 5.54 Å². The Kier molecular flexibility index (Phi) is 5.35. The Morgan fingerprint density at radius 3 is 2.72 bits per heavy atom. The Balaban J connectivity index is 1.70. The number of hydrogen-bond acceptors (Lipinski definition) is 4. The molecule has 3 heterocycles. The third kappa shape index (κ3) is 4.02. The van der Waals surface area contributed by atoms with E-state index in [-0.39, 0.29) is 23.9 Å². The van der Waals surface area contributed by atoms with Crippen molar-refractivity contribution in [3.63, 3.8) is 0 Å². The molecule has 2 fully saturated rings. The molecule has 2 amide bonds. The first-order valence-electron chi connectivity index (χ1n) is 10.4. The highest BCUT2D eigenvalue weighted by molar-refractivity contribution is 5.93. The molecular formula is C23H28N4O2. The molecular weight excluding hydrogens is 364 g/mol. The number of carbonyl (C=O) groups is 2. The Morgan fingerprint density at radius 2 is 2.00 bits per heavy atom. The van der Waals surface area contributed by atoms with Gasteiger partial charge in [0.15, 0.2) is 0 Å². The highest BCUT2D eigenvalue weighted by atomic mass is 16.2. The number of rotatable bonds is 3. The van der Waals surface area contributed by atoms with Crippen molar-refractivity contribution in [2.75, 3.05) is 0 Å². The van der Waals surface area contributed by atoms with Crippen molar-refractivity contribution < 1.29 is 9.59 Å². The summed E-state index contributed by atoms with van der Waals surface area (Å²) in [5.74, 6) is -0.0120. The van der Waals surface area contributed by atoms with Gasteiger partial charge in [-0.2, -0.15) is 0 Å². The lowest BCUT2D eigenvalue weighted by atomic mass is 9.85. The summed E-state index contributed by atoms with van der Waals surface area (Å²) in [6, 6.07) is 10.2. The average molecular weight is 393 g/mol. The third-order valence-electron chi connectivity index (χ3n) is 6.23. The number of nitrogens with one attached hydrogen (secondary N) is 1. The number of amides is 2. The van der Waals surface area contributed by atoms with Gasteiger partial charge < -0.3 is 10.2 Å². The van der Waals surface area contributed by atoms with Gasteiger partial charge in [0.1, 0.15) is 5.69 Å². The zero-order valence-corrected chi connectivity index (χ0v) is 17.1. The van der Waals surface area contributed by atoms with E-state index in [1.54, 1.807) is 12.4 Å². The first-order chi connectivity index (χ1) is 14.0. The van der Waals surface area contributed by atoms with Crippen molar-refractivity contribution >= 4 is 11.8 Å². The van der Waals surface area contributed by atoms with Gasteiger partial charge in [0, 0.05) is 18.7 Å². The van der Waals surface area contributed by atoms with Crippen LogP contribution in [0.15, 0.2) is 42.7 Å². The van der Waals surface area contributed by atoms with Crippen LogP contribution in [0.3, 0.4) is 0 Å². The maximum absolute atomic E-state index is 13.5. The molecule has 3 atom stereocenters. The Bertz CT molecular complexity index is 884. The average Bonchev–Trinajstić information content (AvgIpc) is 2.95. The molecule has 2 saturated heterocycles. The fourth-order valence-corrected chi connectivity index (χ4v) is 4.88. The maximum Gasteiger partial charge on any atom is 0.274 e. The highest BCUT2D eigenvalue weighted by Gasteiger charge is 2.52. The van der Waals surface area contributed by atoms with Gasteiger partial charge >= 0.3 is 0 Å². The van der Waals surface area contributed by atoms with Gasteiger partial charge in [0.05, 0.1) is 23.5 Å². The largest absolute Gasteiger partial charge is 0.349 e. The first-order valence-corrected chi connectivity index (χ1v) is 10.4. The molecule has 2 aliphatic rings. The fourth-order valence-electron chi connectivity index (χ4n) is 4.88. The molecule has 1 aromatic heterocycles. The van der Waals surface area contributed by atoms with E-state index in [1.807, 2.05) is 30.0 Å². The van der Waals surface area contributed by atoms with E-state index in [2.05, 4.69) is 34.3 Å². The summed E-state index contributed by atoms with van der Waals surface area (Å²) in [5.41, 5.74) is 1.91. The molecule has 6 heteroatoms. The van der Waals surface area contributed by atoms with Crippen molar-refractivity contribution in [1.82, 2.24) is 20.2 Å². The van der Waals surface area contributed by atoms with E-state index in [4.69, 9.17) is 0 Å². The van der Waals surface area contributed by atoms with E-state index in [9.17, 15) is 9.59 Å². The van der Waals surface area contributed by atoms with Crippen molar-refractivity contribution in [2.24, 2.45) is 0 Å². The summed E-state index contributed by atoms with van der Waals surface area (Å²) in [6.45, 7) is 3.95. The third-order valence-corrected chi connectivity index (χ3v) is 6.23. The Morgan fingerprint density at radius 1 is 1.21 bits per heavy atom. The summed E-state index contributed by atoms with van der Waals surface area (Å²) < 4.78 is 0. The quantitative estimate of drug-likeness (QED) is 0.871. The van der Waals surface area contributed by atoms with Gasteiger partial charge in [0.2, 0.25) is 5.91 Å². The van der Waals surface area contributed by atoms with E-state index in [0.29, 0.717) is 12.1 Å². The molecule has 1 aromatic carbocycles. The molecule has 0 aliphatic carbocycles. The van der Waals surface area contributed by atoms with Crippen LogP contribution in [0.2, 0.25) is 0 Å². The molecule has 29 heavy (non-hydrogen) atoms. The molecule has 152 valence electrons. The number of nitrogens with zero attached hydrogens (tertiary/aromatic N) is 3. The van der Waals surface area contributed by atoms with Crippen LogP contribution in [0.4, 0.5) is 0 Å². The second-order valence-electron chi connectivity index (χ2n) is 8.53. The smallest absolute Gasteiger partial charge is 0.274 e. The molecule has 1 N–H and O–H groups in total. The Hall–Kier alpha value is -2.76. The van der Waals surface area contributed by atoms with Crippen LogP contribution in [0.25, 0.3) is 0 Å². The van der Waals surface area contributed by atoms with Crippen LogP contribution < -0.4 is 5.32 Å². The topological polar surface area (TPSA) is 75.2 Å². The van der Waals surface area contributed by atoms with Crippen LogP contribution >= 0.6 is 0 Å². The number of aromatic nitrogens is 2. The number of aryl methyl sites for hydroxylation is 1. The van der Waals surface area contributed by atoms with E-state index in [0.717, 1.165) is 37.8 Å². The van der Waals surface area contributed by atoms with Gasteiger partial charge in [-0.05, 0) is 45.1 Å². The minimum absolute atomic E-state index is 0.00130.